The zero-order valence-corrected chi connectivity index (χ0v) is 22.6. The van der Waals surface area contributed by atoms with Crippen LogP contribution in [0.4, 0.5) is 0 Å². The minimum Gasteiger partial charge on any atom is -0.356 e. The molecule has 2 rings (SSSR count). The van der Waals surface area contributed by atoms with Crippen LogP contribution in [0, 0.1) is 11.8 Å². The Kier molecular flexibility index (Phi) is 14.0. The Bertz CT molecular complexity index is 612. The average molecular weight is 552 g/mol. The number of thioether (sulfide) groups is 1. The smallest absolute Gasteiger partial charge is 0.190 e. The van der Waals surface area contributed by atoms with Gasteiger partial charge in [0.2, 0.25) is 0 Å². The number of halogens is 1. The SMILES string of the molecule is CN=C(NCCCc1nnc(SC)n1CC(C)C)NCCCN1CCC(C)CC1.I. The third-order valence-corrected chi connectivity index (χ3v) is 6.10. The largest absolute Gasteiger partial charge is 0.356 e. The van der Waals surface area contributed by atoms with E-state index in [9.17, 15) is 0 Å². The Morgan fingerprint density at radius 3 is 2.43 bits per heavy atom. The molecule has 0 unspecified atom stereocenters. The lowest BCUT2D eigenvalue weighted by Gasteiger charge is -2.30. The van der Waals surface area contributed by atoms with Gasteiger partial charge in [0.15, 0.2) is 11.1 Å². The van der Waals surface area contributed by atoms with Gasteiger partial charge in [-0.05, 0) is 63.4 Å². The number of likely N-dealkylation sites (tertiary alicyclic amines) is 1. The highest BCUT2D eigenvalue weighted by Crippen LogP contribution is 2.17. The molecule has 2 N–H and O–H groups in total. The standard InChI is InChI=1S/C21H41N7S.HI/c1-17(2)16-28-19(25-26-21(28)29-5)8-6-11-23-20(22-4)24-12-7-13-27-14-9-18(3)10-15-27;/h17-18H,6-16H2,1-5H3,(H2,22,23,24);1H. The maximum Gasteiger partial charge on any atom is 0.190 e. The predicted molar refractivity (Wildman–Crippen MR) is 139 cm³/mol. The molecule has 1 aromatic heterocycles. The molecule has 1 aromatic rings. The highest BCUT2D eigenvalue weighted by Gasteiger charge is 2.15. The van der Waals surface area contributed by atoms with Crippen LogP contribution in [0.1, 0.15) is 52.3 Å². The maximum atomic E-state index is 4.40. The molecule has 0 aromatic carbocycles. The summed E-state index contributed by atoms with van der Waals surface area (Å²) in [4.78, 5) is 6.94. The first kappa shape index (κ1) is 27.5. The molecule has 174 valence electrons. The molecular formula is C21H42IN7S. The molecule has 0 amide bonds. The number of aryl methyl sites for hydroxylation is 1. The lowest BCUT2D eigenvalue weighted by molar-refractivity contribution is 0.191. The van der Waals surface area contributed by atoms with Crippen LogP contribution < -0.4 is 10.6 Å². The minimum atomic E-state index is 0. The normalized spacial score (nSPS) is 16.0. The predicted octanol–water partition coefficient (Wildman–Crippen LogP) is 3.49. The molecule has 0 bridgehead atoms. The van der Waals surface area contributed by atoms with E-state index in [1.807, 2.05) is 7.05 Å². The van der Waals surface area contributed by atoms with Crippen molar-refractivity contribution in [1.82, 2.24) is 30.3 Å². The van der Waals surface area contributed by atoms with Crippen LogP contribution >= 0.6 is 35.7 Å². The van der Waals surface area contributed by atoms with Gasteiger partial charge in [-0.1, -0.05) is 32.5 Å². The van der Waals surface area contributed by atoms with E-state index < -0.39 is 0 Å². The van der Waals surface area contributed by atoms with Crippen LogP contribution in [0.2, 0.25) is 0 Å². The number of hydrogen-bond donors (Lipinski definition) is 2. The van der Waals surface area contributed by atoms with E-state index in [0.29, 0.717) is 5.92 Å². The van der Waals surface area contributed by atoms with E-state index in [1.54, 1.807) is 11.8 Å². The van der Waals surface area contributed by atoms with E-state index in [0.717, 1.165) is 61.8 Å². The van der Waals surface area contributed by atoms with Crippen molar-refractivity contribution >= 4 is 41.7 Å². The molecule has 0 aliphatic carbocycles. The van der Waals surface area contributed by atoms with Crippen molar-refractivity contribution in [2.45, 2.75) is 64.6 Å². The summed E-state index contributed by atoms with van der Waals surface area (Å²) >= 11 is 1.67. The number of guanidine groups is 1. The Morgan fingerprint density at radius 2 is 1.83 bits per heavy atom. The first-order chi connectivity index (χ1) is 14.0. The van der Waals surface area contributed by atoms with Crippen molar-refractivity contribution < 1.29 is 0 Å². The third-order valence-electron chi connectivity index (χ3n) is 5.44. The van der Waals surface area contributed by atoms with Gasteiger partial charge >= 0.3 is 0 Å². The van der Waals surface area contributed by atoms with E-state index in [4.69, 9.17) is 0 Å². The van der Waals surface area contributed by atoms with Gasteiger partial charge in [-0.25, -0.2) is 0 Å². The summed E-state index contributed by atoms with van der Waals surface area (Å²) in [6.07, 6.45) is 7.85. The maximum absolute atomic E-state index is 4.40. The summed E-state index contributed by atoms with van der Waals surface area (Å²) < 4.78 is 2.27. The number of aliphatic imine (C=N–C) groups is 1. The summed E-state index contributed by atoms with van der Waals surface area (Å²) in [5.74, 6) is 3.47. The molecule has 0 spiro atoms. The summed E-state index contributed by atoms with van der Waals surface area (Å²) in [5.41, 5.74) is 0. The summed E-state index contributed by atoms with van der Waals surface area (Å²) in [6, 6.07) is 0. The van der Waals surface area contributed by atoms with E-state index >= 15 is 0 Å². The topological polar surface area (TPSA) is 70.4 Å². The molecule has 9 heteroatoms. The van der Waals surface area contributed by atoms with Crippen molar-refractivity contribution in [3.8, 4) is 0 Å². The Hall–Kier alpha value is -0.550. The van der Waals surface area contributed by atoms with Gasteiger partial charge in [0.25, 0.3) is 0 Å². The Balaban J connectivity index is 0.00000450. The van der Waals surface area contributed by atoms with Crippen LogP contribution in [0.15, 0.2) is 10.1 Å². The average Bonchev–Trinajstić information content (AvgIpc) is 3.09. The number of hydrogen-bond acceptors (Lipinski definition) is 5. The molecule has 0 saturated carbocycles. The number of rotatable bonds is 11. The fourth-order valence-corrected chi connectivity index (χ4v) is 4.20. The first-order valence-corrected chi connectivity index (χ1v) is 12.4. The molecular weight excluding hydrogens is 509 g/mol. The van der Waals surface area contributed by atoms with Crippen LogP contribution in [0.3, 0.4) is 0 Å². The second kappa shape index (κ2) is 15.3. The van der Waals surface area contributed by atoms with Crippen LogP contribution in [0.5, 0.6) is 0 Å². The van der Waals surface area contributed by atoms with Gasteiger partial charge in [0, 0.05) is 33.1 Å². The molecule has 7 nitrogen and oxygen atoms in total. The summed E-state index contributed by atoms with van der Waals surface area (Å²) in [7, 11) is 1.84. The lowest BCUT2D eigenvalue weighted by atomic mass is 9.99. The van der Waals surface area contributed by atoms with Gasteiger partial charge in [-0.3, -0.25) is 4.99 Å². The van der Waals surface area contributed by atoms with Crippen LogP contribution in [0.25, 0.3) is 0 Å². The molecule has 1 saturated heterocycles. The van der Waals surface area contributed by atoms with Crippen molar-refractivity contribution in [1.29, 1.82) is 0 Å². The van der Waals surface area contributed by atoms with Crippen molar-refractivity contribution in [2.24, 2.45) is 16.8 Å². The fourth-order valence-electron chi connectivity index (χ4n) is 3.67. The fraction of sp³-hybridized carbons (Fsp3) is 0.857. The molecule has 0 atom stereocenters. The number of nitrogens with one attached hydrogen (secondary N) is 2. The van der Waals surface area contributed by atoms with E-state index in [1.165, 1.54) is 32.5 Å². The molecule has 1 aliphatic rings. The highest BCUT2D eigenvalue weighted by molar-refractivity contribution is 14.0. The Labute approximate surface area is 204 Å². The number of aromatic nitrogens is 3. The van der Waals surface area contributed by atoms with Gasteiger partial charge in [0.05, 0.1) is 0 Å². The lowest BCUT2D eigenvalue weighted by Crippen LogP contribution is -2.40. The van der Waals surface area contributed by atoms with Crippen molar-refractivity contribution in [2.75, 3.05) is 46.0 Å². The quantitative estimate of drug-likeness (QED) is 0.144. The third kappa shape index (κ3) is 9.72. The Morgan fingerprint density at radius 1 is 1.17 bits per heavy atom. The monoisotopic (exact) mass is 551 g/mol. The second-order valence-corrected chi connectivity index (χ2v) is 9.29. The zero-order valence-electron chi connectivity index (χ0n) is 19.5. The summed E-state index contributed by atoms with van der Waals surface area (Å²) in [5, 5.41) is 16.6. The minimum absolute atomic E-state index is 0. The number of nitrogens with zero attached hydrogens (tertiary/aromatic N) is 5. The summed E-state index contributed by atoms with van der Waals surface area (Å²) in [6.45, 7) is 13.4. The zero-order chi connectivity index (χ0) is 21.1. The molecule has 30 heavy (non-hydrogen) atoms. The van der Waals surface area contributed by atoms with Crippen molar-refractivity contribution in [3.05, 3.63) is 5.82 Å². The van der Waals surface area contributed by atoms with Crippen molar-refractivity contribution in [3.63, 3.8) is 0 Å². The molecule has 0 radical (unpaired) electrons. The molecule has 1 fully saturated rings. The van der Waals surface area contributed by atoms with Crippen LogP contribution in [-0.2, 0) is 13.0 Å². The van der Waals surface area contributed by atoms with Crippen LogP contribution in [-0.4, -0.2) is 71.7 Å². The molecule has 1 aliphatic heterocycles. The van der Waals surface area contributed by atoms with E-state index in [-0.39, 0.29) is 24.0 Å². The second-order valence-electron chi connectivity index (χ2n) is 8.51. The van der Waals surface area contributed by atoms with Gasteiger partial charge in [0.1, 0.15) is 5.82 Å². The highest BCUT2D eigenvalue weighted by atomic mass is 127. The first-order valence-electron chi connectivity index (χ1n) is 11.2. The van der Waals surface area contributed by atoms with E-state index in [2.05, 4.69) is 62.3 Å². The van der Waals surface area contributed by atoms with Gasteiger partial charge in [-0.15, -0.1) is 34.2 Å². The van der Waals surface area contributed by atoms with Gasteiger partial charge in [-0.2, -0.15) is 0 Å². The van der Waals surface area contributed by atoms with Gasteiger partial charge < -0.3 is 20.1 Å². The number of piperidine rings is 1. The molecule has 2 heterocycles.